The van der Waals surface area contributed by atoms with Crippen LogP contribution in [0.25, 0.3) is 0 Å². The third-order valence-electron chi connectivity index (χ3n) is 5.99. The molecule has 204 valence electrons. The zero-order valence-corrected chi connectivity index (χ0v) is 23.4. The van der Waals surface area contributed by atoms with E-state index in [9.17, 15) is 10.1 Å². The Kier molecular flexibility index (Phi) is 7.75. The summed E-state index contributed by atoms with van der Waals surface area (Å²) in [6.45, 7) is 17.7. The van der Waals surface area contributed by atoms with E-state index in [1.54, 1.807) is 0 Å². The molecule has 0 amide bonds. The van der Waals surface area contributed by atoms with Crippen LogP contribution >= 0.6 is 0 Å². The highest BCUT2D eigenvalue weighted by Crippen LogP contribution is 2.29. The maximum Gasteiger partial charge on any atom is 0.223 e. The fraction of sp³-hybridized carbons (Fsp3) is 0.864. The maximum atomic E-state index is 12.6. The first-order chi connectivity index (χ1) is 17.0. The molecule has 0 aliphatic carbocycles. The van der Waals surface area contributed by atoms with Gasteiger partial charge in [-0.05, 0) is 78.0 Å². The minimum Gasteiger partial charge on any atom is -0.264 e. The van der Waals surface area contributed by atoms with E-state index in [4.69, 9.17) is 0 Å². The number of aryl methyl sites for hydroxylation is 3. The molecule has 0 aliphatic rings. The number of hydrogen-bond donors (Lipinski definition) is 0. The second-order valence-corrected chi connectivity index (χ2v) is 12.5. The molecule has 37 heavy (non-hydrogen) atoms. The second kappa shape index (κ2) is 10.2. The van der Waals surface area contributed by atoms with Crippen LogP contribution in [0.1, 0.15) is 99.0 Å². The van der Waals surface area contributed by atoms with Crippen molar-refractivity contribution in [3.8, 4) is 0 Å². The van der Waals surface area contributed by atoms with Crippen LogP contribution in [0.2, 0.25) is 0 Å². The van der Waals surface area contributed by atoms with Gasteiger partial charge in [0.05, 0.1) is 16.6 Å². The zero-order chi connectivity index (χ0) is 27.6. The van der Waals surface area contributed by atoms with Crippen molar-refractivity contribution in [2.45, 2.75) is 123 Å². The van der Waals surface area contributed by atoms with E-state index in [2.05, 4.69) is 46.2 Å². The van der Waals surface area contributed by atoms with Crippen LogP contribution in [-0.4, -0.2) is 71.1 Å². The van der Waals surface area contributed by atoms with E-state index in [1.807, 2.05) is 62.3 Å². The maximum absolute atomic E-state index is 12.6. The Labute approximate surface area is 216 Å². The number of tetrazole rings is 3. The largest absolute Gasteiger partial charge is 0.264 e. The lowest BCUT2D eigenvalue weighted by molar-refractivity contribution is -0.574. The summed E-state index contributed by atoms with van der Waals surface area (Å²) >= 11 is 0. The van der Waals surface area contributed by atoms with Crippen molar-refractivity contribution in [1.82, 2.24) is 60.6 Å². The van der Waals surface area contributed by atoms with Gasteiger partial charge in [-0.3, -0.25) is 10.1 Å². The van der Waals surface area contributed by atoms with Crippen molar-refractivity contribution in [2.75, 3.05) is 0 Å². The number of hydrogen-bond acceptors (Lipinski definition) is 11. The molecule has 0 spiro atoms. The van der Waals surface area contributed by atoms with Crippen molar-refractivity contribution in [1.29, 1.82) is 0 Å². The molecular formula is C22H39N13O2. The van der Waals surface area contributed by atoms with Crippen LogP contribution in [0, 0.1) is 10.1 Å². The normalized spacial score (nSPS) is 13.3. The van der Waals surface area contributed by atoms with Gasteiger partial charge in [0.25, 0.3) is 0 Å². The van der Waals surface area contributed by atoms with Gasteiger partial charge in [-0.25, -0.2) is 0 Å². The molecule has 0 aliphatic heterocycles. The number of nitro groups is 1. The van der Waals surface area contributed by atoms with E-state index in [1.165, 1.54) is 14.4 Å². The first-order valence-corrected chi connectivity index (χ1v) is 12.5. The second-order valence-electron chi connectivity index (χ2n) is 12.5. The van der Waals surface area contributed by atoms with Gasteiger partial charge in [0.15, 0.2) is 17.5 Å². The molecule has 0 unspecified atom stereocenters. The molecule has 3 aromatic rings. The van der Waals surface area contributed by atoms with Gasteiger partial charge >= 0.3 is 0 Å². The molecule has 0 aromatic carbocycles. The molecule has 15 heteroatoms. The van der Waals surface area contributed by atoms with Crippen LogP contribution in [0.5, 0.6) is 0 Å². The summed E-state index contributed by atoms with van der Waals surface area (Å²) in [5, 5.41) is 50.6. The highest BCUT2D eigenvalue weighted by Gasteiger charge is 2.43. The molecule has 0 fully saturated rings. The molecule has 0 radical (unpaired) electrons. The summed E-state index contributed by atoms with van der Waals surface area (Å²) in [5.41, 5.74) is -2.30. The number of aromatic nitrogens is 12. The predicted molar refractivity (Wildman–Crippen MR) is 133 cm³/mol. The molecule has 0 N–H and O–H groups in total. The van der Waals surface area contributed by atoms with E-state index in [-0.39, 0.29) is 40.8 Å². The van der Waals surface area contributed by atoms with Crippen molar-refractivity contribution in [3.05, 3.63) is 27.6 Å². The van der Waals surface area contributed by atoms with E-state index >= 15 is 0 Å². The Balaban J connectivity index is 1.82. The highest BCUT2D eigenvalue weighted by molar-refractivity contribution is 4.93. The monoisotopic (exact) mass is 517 g/mol. The van der Waals surface area contributed by atoms with Gasteiger partial charge < -0.3 is 0 Å². The highest BCUT2D eigenvalue weighted by atomic mass is 16.6. The van der Waals surface area contributed by atoms with Crippen molar-refractivity contribution in [3.63, 3.8) is 0 Å². The fourth-order valence-corrected chi connectivity index (χ4v) is 3.56. The summed E-state index contributed by atoms with van der Waals surface area (Å²) in [6, 6.07) is 0. The van der Waals surface area contributed by atoms with Crippen molar-refractivity contribution < 1.29 is 4.92 Å². The minimum atomic E-state index is -1.30. The molecular weight excluding hydrogens is 478 g/mol. The van der Waals surface area contributed by atoms with Crippen LogP contribution in [0.4, 0.5) is 0 Å². The van der Waals surface area contributed by atoms with Gasteiger partial charge in [0.2, 0.25) is 5.54 Å². The Morgan fingerprint density at radius 3 is 1.05 bits per heavy atom. The van der Waals surface area contributed by atoms with Gasteiger partial charge in [0, 0.05) is 43.4 Å². The predicted octanol–water partition coefficient (Wildman–Crippen LogP) is 2.12. The summed E-state index contributed by atoms with van der Waals surface area (Å²) in [4.78, 5) is 17.0. The zero-order valence-electron chi connectivity index (χ0n) is 23.4. The van der Waals surface area contributed by atoms with Gasteiger partial charge in [-0.2, -0.15) is 14.4 Å². The molecule has 3 heterocycles. The Morgan fingerprint density at radius 1 is 0.595 bits per heavy atom. The average molecular weight is 518 g/mol. The Morgan fingerprint density at radius 2 is 0.865 bits per heavy atom. The Bertz CT molecular complexity index is 1050. The first-order valence-electron chi connectivity index (χ1n) is 12.5. The fourth-order valence-electron chi connectivity index (χ4n) is 3.56. The lowest BCUT2D eigenvalue weighted by Crippen LogP contribution is -2.40. The first kappa shape index (κ1) is 28.2. The lowest BCUT2D eigenvalue weighted by atomic mass is 9.84. The summed E-state index contributed by atoms with van der Waals surface area (Å²) in [7, 11) is 0. The van der Waals surface area contributed by atoms with Crippen LogP contribution in [0.3, 0.4) is 0 Å². The Hall–Kier alpha value is -3.39. The van der Waals surface area contributed by atoms with Crippen LogP contribution in [-0.2, 0) is 35.9 Å². The molecule has 3 aromatic heterocycles. The summed E-state index contributed by atoms with van der Waals surface area (Å²) < 4.78 is 0. The average Bonchev–Trinajstić information content (AvgIpc) is 3.52. The minimum absolute atomic E-state index is 0.205. The van der Waals surface area contributed by atoms with Crippen molar-refractivity contribution in [2.24, 2.45) is 0 Å². The molecule has 15 nitrogen and oxygen atoms in total. The third kappa shape index (κ3) is 7.10. The summed E-state index contributed by atoms with van der Waals surface area (Å²) in [5.74, 6) is 1.40. The number of rotatable bonds is 10. The van der Waals surface area contributed by atoms with E-state index < -0.39 is 5.54 Å². The quantitative estimate of drug-likeness (QED) is 0.284. The topological polar surface area (TPSA) is 174 Å². The van der Waals surface area contributed by atoms with Crippen LogP contribution < -0.4 is 0 Å². The smallest absolute Gasteiger partial charge is 0.223 e. The third-order valence-corrected chi connectivity index (χ3v) is 5.99. The molecule has 3 rings (SSSR count). The van der Waals surface area contributed by atoms with E-state index in [0.29, 0.717) is 36.7 Å². The van der Waals surface area contributed by atoms with E-state index in [0.717, 1.165) is 0 Å². The standard InChI is InChI=1S/C22H39N13O2/c1-19(2,3)32-26-16(23-29-32)10-13-22(35(36)37,14-11-17-24-30-33(27-17)20(4,5)6)15-12-18-25-31-34(28-18)21(7,8)9/h10-15H2,1-9H3. The molecule has 0 saturated carbocycles. The van der Waals surface area contributed by atoms with Crippen LogP contribution in [0.15, 0.2) is 0 Å². The van der Waals surface area contributed by atoms with Gasteiger partial charge in [0.1, 0.15) is 0 Å². The molecule has 0 saturated heterocycles. The van der Waals surface area contributed by atoms with Gasteiger partial charge in [-0.1, -0.05) is 0 Å². The summed E-state index contributed by atoms with van der Waals surface area (Å²) in [6.07, 6.45) is 1.58. The molecule has 0 bridgehead atoms. The lowest BCUT2D eigenvalue weighted by Gasteiger charge is -2.24. The molecule has 0 atom stereocenters. The SMILES string of the molecule is CC(C)(C)n1nnc(CCC(CCc2nnn(C(C)(C)C)n2)(CCc2nnn(C(C)(C)C)n2)[N+](=O)[O-])n1. The van der Waals surface area contributed by atoms with Crippen molar-refractivity contribution >= 4 is 0 Å². The van der Waals surface area contributed by atoms with Gasteiger partial charge in [-0.15, -0.1) is 30.6 Å². The number of nitrogens with zero attached hydrogens (tertiary/aromatic N) is 13.